The van der Waals surface area contributed by atoms with Crippen LogP contribution in [0.2, 0.25) is 0 Å². The van der Waals surface area contributed by atoms with Crippen molar-refractivity contribution in [2.75, 3.05) is 27.4 Å². The molecular weight excluding hydrogens is 462 g/mol. The van der Waals surface area contributed by atoms with E-state index in [1.54, 1.807) is 30.2 Å². The van der Waals surface area contributed by atoms with Crippen molar-refractivity contribution in [1.82, 2.24) is 15.8 Å². The first-order chi connectivity index (χ1) is 17.4. The molecule has 9 nitrogen and oxygen atoms in total. The predicted octanol–water partition coefficient (Wildman–Crippen LogP) is 3.64. The van der Waals surface area contributed by atoms with Gasteiger partial charge in [0.25, 0.3) is 5.91 Å². The maximum absolute atomic E-state index is 13.4. The Morgan fingerprint density at radius 3 is 2.44 bits per heavy atom. The summed E-state index contributed by atoms with van der Waals surface area (Å²) < 4.78 is 16.4. The first-order valence-corrected chi connectivity index (χ1v) is 12.3. The third-order valence-electron chi connectivity index (χ3n) is 6.28. The molecule has 36 heavy (non-hydrogen) atoms. The second-order valence-corrected chi connectivity index (χ2v) is 8.51. The summed E-state index contributed by atoms with van der Waals surface area (Å²) in [4.78, 5) is 40.8. The second-order valence-electron chi connectivity index (χ2n) is 8.51. The van der Waals surface area contributed by atoms with E-state index in [0.29, 0.717) is 42.4 Å². The number of unbranched alkanes of at least 4 members (excludes halogenated alkanes) is 1. The van der Waals surface area contributed by atoms with Gasteiger partial charge < -0.3 is 19.1 Å². The van der Waals surface area contributed by atoms with Gasteiger partial charge in [-0.2, -0.15) is 0 Å². The quantitative estimate of drug-likeness (QED) is 0.486. The molecule has 1 heterocycles. The van der Waals surface area contributed by atoms with Crippen molar-refractivity contribution in [2.45, 2.75) is 45.6 Å². The number of carbonyl (C=O) groups is 3. The molecule has 0 radical (unpaired) electrons. The van der Waals surface area contributed by atoms with Crippen molar-refractivity contribution in [1.29, 1.82) is 0 Å². The molecule has 1 saturated heterocycles. The highest BCUT2D eigenvalue weighted by molar-refractivity contribution is 5.96. The van der Waals surface area contributed by atoms with E-state index in [9.17, 15) is 14.4 Å². The molecule has 2 aromatic rings. The van der Waals surface area contributed by atoms with Gasteiger partial charge in [0.15, 0.2) is 11.5 Å². The normalized spacial score (nSPS) is 17.3. The van der Waals surface area contributed by atoms with Gasteiger partial charge >= 0.3 is 0 Å². The highest BCUT2D eigenvalue weighted by Gasteiger charge is 2.41. The number of benzene rings is 2. The Morgan fingerprint density at radius 2 is 1.75 bits per heavy atom. The summed E-state index contributed by atoms with van der Waals surface area (Å²) in [6.07, 6.45) is 2.36. The molecule has 194 valence electrons. The van der Waals surface area contributed by atoms with Gasteiger partial charge in [-0.15, -0.1) is 0 Å². The van der Waals surface area contributed by atoms with Crippen LogP contribution in [0.1, 0.15) is 61.5 Å². The van der Waals surface area contributed by atoms with Crippen LogP contribution in [0.3, 0.4) is 0 Å². The molecule has 3 amide bonds. The van der Waals surface area contributed by atoms with Crippen LogP contribution in [0.15, 0.2) is 42.5 Å². The highest BCUT2D eigenvalue weighted by Crippen LogP contribution is 2.40. The van der Waals surface area contributed by atoms with E-state index in [-0.39, 0.29) is 18.2 Å². The molecule has 0 saturated carbocycles. The Labute approximate surface area is 212 Å². The number of para-hydroxylation sites is 1. The van der Waals surface area contributed by atoms with E-state index in [1.807, 2.05) is 31.2 Å². The number of hydrogen-bond donors (Lipinski definition) is 2. The lowest BCUT2D eigenvalue weighted by molar-refractivity contribution is -0.143. The van der Waals surface area contributed by atoms with E-state index in [2.05, 4.69) is 17.8 Å². The first kappa shape index (κ1) is 26.8. The summed E-state index contributed by atoms with van der Waals surface area (Å²) in [5, 5.41) is 0. The monoisotopic (exact) mass is 497 g/mol. The second kappa shape index (κ2) is 12.8. The minimum absolute atomic E-state index is 0.00826. The van der Waals surface area contributed by atoms with Gasteiger partial charge in [0, 0.05) is 24.1 Å². The number of rotatable bonds is 10. The van der Waals surface area contributed by atoms with E-state index in [4.69, 9.17) is 14.2 Å². The van der Waals surface area contributed by atoms with Crippen LogP contribution in [-0.4, -0.2) is 50.0 Å². The van der Waals surface area contributed by atoms with Crippen LogP contribution in [-0.2, 0) is 9.59 Å². The number of nitrogens with one attached hydrogen (secondary N) is 2. The molecule has 2 aromatic carbocycles. The van der Waals surface area contributed by atoms with Gasteiger partial charge in [0.2, 0.25) is 11.8 Å². The zero-order chi connectivity index (χ0) is 26.1. The zero-order valence-corrected chi connectivity index (χ0v) is 21.3. The van der Waals surface area contributed by atoms with Crippen molar-refractivity contribution in [3.05, 3.63) is 53.6 Å². The van der Waals surface area contributed by atoms with E-state index in [1.165, 1.54) is 7.11 Å². The minimum atomic E-state index is -0.564. The average Bonchev–Trinajstić information content (AvgIpc) is 2.90. The van der Waals surface area contributed by atoms with Crippen molar-refractivity contribution in [2.24, 2.45) is 5.92 Å². The Kier molecular flexibility index (Phi) is 9.55. The van der Waals surface area contributed by atoms with Crippen LogP contribution in [0.4, 0.5) is 0 Å². The van der Waals surface area contributed by atoms with Crippen molar-refractivity contribution < 1.29 is 28.6 Å². The molecule has 0 bridgehead atoms. The molecule has 1 fully saturated rings. The number of carbonyl (C=O) groups excluding carboxylic acids is 3. The zero-order valence-electron chi connectivity index (χ0n) is 21.3. The van der Waals surface area contributed by atoms with E-state index in [0.717, 1.165) is 18.4 Å². The fourth-order valence-corrected chi connectivity index (χ4v) is 4.48. The lowest BCUT2D eigenvalue weighted by Crippen LogP contribution is -2.51. The first-order valence-electron chi connectivity index (χ1n) is 12.3. The van der Waals surface area contributed by atoms with Gasteiger partial charge in [0.05, 0.1) is 32.8 Å². The molecule has 0 aromatic heterocycles. The van der Waals surface area contributed by atoms with Crippen molar-refractivity contribution in [3.8, 4) is 17.2 Å². The van der Waals surface area contributed by atoms with E-state index < -0.39 is 17.9 Å². The summed E-state index contributed by atoms with van der Waals surface area (Å²) in [7, 11) is 3.06. The van der Waals surface area contributed by atoms with Gasteiger partial charge in [-0.25, -0.2) is 0 Å². The van der Waals surface area contributed by atoms with Crippen LogP contribution in [0.5, 0.6) is 17.2 Å². The number of hydrogen-bond acceptors (Lipinski definition) is 6. The summed E-state index contributed by atoms with van der Waals surface area (Å²) in [6.45, 7) is 4.92. The molecule has 2 unspecified atom stereocenters. The third-order valence-corrected chi connectivity index (χ3v) is 6.28. The van der Waals surface area contributed by atoms with Crippen LogP contribution < -0.4 is 25.1 Å². The summed E-state index contributed by atoms with van der Waals surface area (Å²) in [6, 6.07) is 11.7. The lowest BCUT2D eigenvalue weighted by atomic mass is 9.83. The van der Waals surface area contributed by atoms with Gasteiger partial charge in [0.1, 0.15) is 5.75 Å². The Hall–Kier alpha value is -3.75. The standard InChI is InChI=1S/C27H35N3O6/c1-5-7-16-30-24(31)15-13-20(25(30)19-10-8-9-11-21(19)34-3)27(33)29-28-26(32)18-12-14-22(36-6-2)23(17-18)35-4/h8-12,14,17,20,25H,5-7,13,15-16H2,1-4H3,(H,28,32)(H,29,33). The maximum atomic E-state index is 13.4. The summed E-state index contributed by atoms with van der Waals surface area (Å²) >= 11 is 0. The molecular formula is C27H35N3O6. The molecule has 1 aliphatic rings. The highest BCUT2D eigenvalue weighted by atomic mass is 16.5. The van der Waals surface area contributed by atoms with Crippen LogP contribution in [0, 0.1) is 5.92 Å². The number of amides is 3. The topological polar surface area (TPSA) is 106 Å². The minimum Gasteiger partial charge on any atom is -0.496 e. The van der Waals surface area contributed by atoms with Gasteiger partial charge in [-0.3, -0.25) is 25.2 Å². The number of hydrazine groups is 1. The smallest absolute Gasteiger partial charge is 0.269 e. The average molecular weight is 498 g/mol. The number of ether oxygens (including phenoxy) is 3. The van der Waals surface area contributed by atoms with Crippen molar-refractivity contribution in [3.63, 3.8) is 0 Å². The molecule has 3 rings (SSSR count). The van der Waals surface area contributed by atoms with Crippen LogP contribution in [0.25, 0.3) is 0 Å². The molecule has 9 heteroatoms. The predicted molar refractivity (Wildman–Crippen MR) is 135 cm³/mol. The summed E-state index contributed by atoms with van der Waals surface area (Å²) in [5.74, 6) is 0.144. The van der Waals surface area contributed by atoms with E-state index >= 15 is 0 Å². The molecule has 2 N–H and O–H groups in total. The fraction of sp³-hybridized carbons (Fsp3) is 0.444. The molecule has 0 aliphatic carbocycles. The summed E-state index contributed by atoms with van der Waals surface area (Å²) in [5.41, 5.74) is 6.14. The van der Waals surface area contributed by atoms with Gasteiger partial charge in [-0.1, -0.05) is 31.5 Å². The lowest BCUT2D eigenvalue weighted by Gasteiger charge is -2.41. The van der Waals surface area contributed by atoms with Crippen LogP contribution >= 0.6 is 0 Å². The maximum Gasteiger partial charge on any atom is 0.269 e. The van der Waals surface area contributed by atoms with Gasteiger partial charge in [-0.05, 0) is 44.0 Å². The Bertz CT molecular complexity index is 1070. The number of nitrogens with zero attached hydrogens (tertiary/aromatic N) is 1. The molecule has 2 atom stereocenters. The number of piperidine rings is 1. The molecule has 0 spiro atoms. The number of likely N-dealkylation sites (tertiary alicyclic amines) is 1. The largest absolute Gasteiger partial charge is 0.496 e. The SMILES string of the molecule is CCCCN1C(=O)CCC(C(=O)NNC(=O)c2ccc(OCC)c(OC)c2)C1c1ccccc1OC. The number of methoxy groups -OCH3 is 2. The molecule has 1 aliphatic heterocycles. The Morgan fingerprint density at radius 1 is 1.00 bits per heavy atom. The fourth-order valence-electron chi connectivity index (χ4n) is 4.48. The van der Waals surface area contributed by atoms with Crippen molar-refractivity contribution >= 4 is 17.7 Å². The Balaban J connectivity index is 1.80. The third kappa shape index (κ3) is 6.08.